The van der Waals surface area contributed by atoms with Crippen molar-refractivity contribution in [3.05, 3.63) is 63.3 Å². The highest BCUT2D eigenvalue weighted by Crippen LogP contribution is 2.40. The molecule has 7 nitrogen and oxygen atoms in total. The summed E-state index contributed by atoms with van der Waals surface area (Å²) in [5.41, 5.74) is -0.929. The van der Waals surface area contributed by atoms with Crippen LogP contribution in [0.4, 0.5) is 0 Å². The second-order valence-electron chi connectivity index (χ2n) is 6.58. The molecule has 0 unspecified atom stereocenters. The number of benzene rings is 3. The minimum absolute atomic E-state index is 0.103. The lowest BCUT2D eigenvalue weighted by atomic mass is 10.0. The minimum atomic E-state index is -0.579. The van der Waals surface area contributed by atoms with Gasteiger partial charge in [0, 0.05) is 16.8 Å². The van der Waals surface area contributed by atoms with E-state index in [-0.39, 0.29) is 16.9 Å². The lowest BCUT2D eigenvalue weighted by Gasteiger charge is -2.11. The molecule has 0 saturated carbocycles. The first-order chi connectivity index (χ1) is 14.0. The maximum atomic E-state index is 12.7. The van der Waals surface area contributed by atoms with Gasteiger partial charge in [-0.15, -0.1) is 0 Å². The Morgan fingerprint density at radius 3 is 1.86 bits per heavy atom. The van der Waals surface area contributed by atoms with Crippen molar-refractivity contribution < 1.29 is 23.4 Å². The smallest absolute Gasteiger partial charge is 0.344 e. The third-order valence-corrected chi connectivity index (χ3v) is 5.05. The highest BCUT2D eigenvalue weighted by molar-refractivity contribution is 6.22. The molecule has 2 aromatic heterocycles. The summed E-state index contributed by atoms with van der Waals surface area (Å²) in [6.45, 7) is 0. The van der Waals surface area contributed by atoms with E-state index in [0.717, 1.165) is 0 Å². The van der Waals surface area contributed by atoms with Gasteiger partial charge in [-0.2, -0.15) is 0 Å². The van der Waals surface area contributed by atoms with Crippen LogP contribution in [0, 0.1) is 0 Å². The monoisotopic (exact) mass is 390 g/mol. The molecule has 0 radical (unpaired) electrons. The summed E-state index contributed by atoms with van der Waals surface area (Å²) in [6.07, 6.45) is 0. The molecule has 29 heavy (non-hydrogen) atoms. The van der Waals surface area contributed by atoms with Crippen LogP contribution < -0.4 is 20.7 Å². The van der Waals surface area contributed by atoms with E-state index in [0.29, 0.717) is 43.8 Å². The van der Waals surface area contributed by atoms with Crippen LogP contribution in [0.25, 0.3) is 43.5 Å². The van der Waals surface area contributed by atoms with Crippen molar-refractivity contribution >= 4 is 43.5 Å². The second kappa shape index (κ2) is 6.00. The molecule has 0 aliphatic rings. The highest BCUT2D eigenvalue weighted by Gasteiger charge is 2.19. The first-order valence-electron chi connectivity index (χ1n) is 8.73. The fourth-order valence-electron chi connectivity index (χ4n) is 3.69. The predicted molar refractivity (Wildman–Crippen MR) is 108 cm³/mol. The average molecular weight is 390 g/mol. The molecule has 0 aliphatic heterocycles. The Balaban J connectivity index is 2.12. The van der Waals surface area contributed by atoms with Crippen LogP contribution in [-0.4, -0.2) is 19.3 Å². The SMILES string of the molecule is COc1ccc2c(=O)oc3c(c(O)cc4oc(=O)c5ccc(OC)cc5c43)c2c1. The third-order valence-electron chi connectivity index (χ3n) is 5.05. The maximum absolute atomic E-state index is 12.7. The molecule has 144 valence electrons. The summed E-state index contributed by atoms with van der Waals surface area (Å²) in [6, 6.07) is 11.1. The van der Waals surface area contributed by atoms with Gasteiger partial charge in [0.05, 0.1) is 35.8 Å². The third kappa shape index (κ3) is 2.37. The topological polar surface area (TPSA) is 99.1 Å². The van der Waals surface area contributed by atoms with Crippen LogP contribution in [0.15, 0.2) is 60.9 Å². The summed E-state index contributed by atoms with van der Waals surface area (Å²) >= 11 is 0. The summed E-state index contributed by atoms with van der Waals surface area (Å²) in [5.74, 6) is 0.866. The van der Waals surface area contributed by atoms with E-state index >= 15 is 0 Å². The van der Waals surface area contributed by atoms with Crippen LogP contribution in [-0.2, 0) is 0 Å². The Kier molecular flexibility index (Phi) is 3.54. The number of hydrogen-bond donors (Lipinski definition) is 1. The molecule has 0 spiro atoms. The number of methoxy groups -OCH3 is 2. The zero-order valence-electron chi connectivity index (χ0n) is 15.4. The molecular weight excluding hydrogens is 376 g/mol. The Bertz CT molecular complexity index is 1570. The Morgan fingerprint density at radius 1 is 0.724 bits per heavy atom. The van der Waals surface area contributed by atoms with Gasteiger partial charge < -0.3 is 23.4 Å². The van der Waals surface area contributed by atoms with Crippen molar-refractivity contribution in [2.24, 2.45) is 0 Å². The van der Waals surface area contributed by atoms with E-state index in [1.807, 2.05) is 0 Å². The first-order valence-corrected chi connectivity index (χ1v) is 8.73. The van der Waals surface area contributed by atoms with E-state index in [9.17, 15) is 14.7 Å². The van der Waals surface area contributed by atoms with Crippen molar-refractivity contribution in [3.8, 4) is 17.2 Å². The summed E-state index contributed by atoms with van der Waals surface area (Å²) in [7, 11) is 3.02. The van der Waals surface area contributed by atoms with Crippen LogP contribution in [0.1, 0.15) is 0 Å². The van der Waals surface area contributed by atoms with Crippen LogP contribution in [0.5, 0.6) is 17.2 Å². The van der Waals surface area contributed by atoms with Crippen molar-refractivity contribution in [3.63, 3.8) is 0 Å². The molecule has 0 bridgehead atoms. The van der Waals surface area contributed by atoms with Crippen molar-refractivity contribution in [2.75, 3.05) is 14.2 Å². The van der Waals surface area contributed by atoms with Crippen molar-refractivity contribution in [1.29, 1.82) is 0 Å². The standard InChI is InChI=1S/C22H14O7/c1-26-10-3-5-12-14(7-10)18-16(23)9-17-19(20(18)29-22(12)25)15-8-11(27-2)4-6-13(15)21(24)28-17/h3-9,23H,1-2H3. The van der Waals surface area contributed by atoms with Crippen molar-refractivity contribution in [1.82, 2.24) is 0 Å². The van der Waals surface area contributed by atoms with E-state index in [2.05, 4.69) is 0 Å². The molecule has 0 amide bonds. The Morgan fingerprint density at radius 2 is 1.28 bits per heavy atom. The van der Waals surface area contributed by atoms with Crippen LogP contribution in [0.2, 0.25) is 0 Å². The number of fused-ring (bicyclic) bond motifs is 7. The average Bonchev–Trinajstić information content (AvgIpc) is 2.72. The number of aromatic hydroxyl groups is 1. The maximum Gasteiger partial charge on any atom is 0.344 e. The zero-order valence-corrected chi connectivity index (χ0v) is 15.4. The van der Waals surface area contributed by atoms with Gasteiger partial charge >= 0.3 is 11.3 Å². The molecule has 0 aliphatic carbocycles. The fourth-order valence-corrected chi connectivity index (χ4v) is 3.69. The number of phenols is 1. The van der Waals surface area contributed by atoms with E-state index < -0.39 is 11.3 Å². The molecule has 0 atom stereocenters. The second-order valence-corrected chi connectivity index (χ2v) is 6.58. The molecule has 5 aromatic rings. The van der Waals surface area contributed by atoms with Gasteiger partial charge in [0.25, 0.3) is 0 Å². The van der Waals surface area contributed by atoms with Gasteiger partial charge in [0.2, 0.25) is 0 Å². The highest BCUT2D eigenvalue weighted by atomic mass is 16.5. The summed E-state index contributed by atoms with van der Waals surface area (Å²) in [4.78, 5) is 25.1. The van der Waals surface area contributed by atoms with E-state index in [1.54, 1.807) is 36.4 Å². The number of ether oxygens (including phenoxy) is 2. The number of hydrogen-bond acceptors (Lipinski definition) is 7. The normalized spacial score (nSPS) is 11.5. The van der Waals surface area contributed by atoms with Crippen molar-refractivity contribution in [2.45, 2.75) is 0 Å². The molecule has 7 heteroatoms. The summed E-state index contributed by atoms with van der Waals surface area (Å²) < 4.78 is 21.5. The summed E-state index contributed by atoms with van der Waals surface area (Å²) in [5, 5.41) is 13.0. The minimum Gasteiger partial charge on any atom is -0.507 e. The lowest BCUT2D eigenvalue weighted by Crippen LogP contribution is -2.03. The van der Waals surface area contributed by atoms with Crippen LogP contribution in [0.3, 0.4) is 0 Å². The zero-order chi connectivity index (χ0) is 20.3. The van der Waals surface area contributed by atoms with Crippen LogP contribution >= 0.6 is 0 Å². The molecule has 3 aromatic carbocycles. The van der Waals surface area contributed by atoms with Gasteiger partial charge in [-0.1, -0.05) is 0 Å². The molecular formula is C22H14O7. The Hall–Kier alpha value is -4.00. The largest absolute Gasteiger partial charge is 0.507 e. The number of rotatable bonds is 2. The molecule has 2 heterocycles. The predicted octanol–water partition coefficient (Wildman–Crippen LogP) is 3.93. The van der Waals surface area contributed by atoms with E-state index in [1.165, 1.54) is 20.3 Å². The molecule has 5 rings (SSSR count). The fraction of sp³-hybridized carbons (Fsp3) is 0.0909. The van der Waals surface area contributed by atoms with Gasteiger partial charge in [0.1, 0.15) is 22.8 Å². The van der Waals surface area contributed by atoms with E-state index in [4.69, 9.17) is 18.3 Å². The lowest BCUT2D eigenvalue weighted by molar-refractivity contribution is 0.415. The molecule has 1 N–H and O–H groups in total. The quantitative estimate of drug-likeness (QED) is 0.360. The number of phenolic OH excluding ortho intramolecular Hbond substituents is 1. The van der Waals surface area contributed by atoms with Gasteiger partial charge in [-0.05, 0) is 36.4 Å². The first kappa shape index (κ1) is 17.1. The van der Waals surface area contributed by atoms with Gasteiger partial charge in [0.15, 0.2) is 5.58 Å². The molecule has 0 fully saturated rings. The van der Waals surface area contributed by atoms with Gasteiger partial charge in [-0.3, -0.25) is 0 Å². The Labute approximate surface area is 162 Å². The molecule has 0 saturated heterocycles. The van der Waals surface area contributed by atoms with Gasteiger partial charge in [-0.25, -0.2) is 9.59 Å².